The summed E-state index contributed by atoms with van der Waals surface area (Å²) in [5, 5.41) is 26.9. The summed E-state index contributed by atoms with van der Waals surface area (Å²) in [4.78, 5) is 18.6. The molecule has 0 aliphatic rings. The highest BCUT2D eigenvalue weighted by molar-refractivity contribution is 8.00. The number of hydrogen-bond acceptors (Lipinski definition) is 10. The first-order valence-corrected chi connectivity index (χ1v) is 12.4. The van der Waals surface area contributed by atoms with Crippen molar-refractivity contribution >= 4 is 56.6 Å². The molecule has 0 atom stereocenters. The lowest BCUT2D eigenvalue weighted by Crippen LogP contribution is -2.13. The van der Waals surface area contributed by atoms with E-state index in [1.807, 2.05) is 29.6 Å². The Morgan fingerprint density at radius 3 is 2.85 bits per heavy atom. The topological polar surface area (TPSA) is 118 Å². The van der Waals surface area contributed by atoms with E-state index >= 15 is 0 Å². The van der Waals surface area contributed by atoms with Crippen molar-refractivity contribution in [2.45, 2.75) is 17.0 Å². The molecule has 0 saturated carbocycles. The molecule has 0 radical (unpaired) electrons. The molecule has 11 heteroatoms. The summed E-state index contributed by atoms with van der Waals surface area (Å²) in [5.41, 5.74) is 3.68. The minimum atomic E-state index is -0.328. The Balaban J connectivity index is 1.34. The molecule has 0 saturated heterocycles. The molecular formula is C22H14N6O2S3. The van der Waals surface area contributed by atoms with Gasteiger partial charge >= 0.3 is 0 Å². The van der Waals surface area contributed by atoms with Crippen LogP contribution >= 0.6 is 34.4 Å². The molecule has 0 spiro atoms. The molecule has 1 N–H and O–H groups in total. The monoisotopic (exact) mass is 490 g/mol. The molecule has 8 nitrogen and oxygen atoms in total. The number of nitrogens with one attached hydrogen (secondary N) is 1. The first-order valence-electron chi connectivity index (χ1n) is 9.68. The van der Waals surface area contributed by atoms with Gasteiger partial charge in [-0.25, -0.2) is 4.98 Å². The molecule has 1 amide bonds. The standard InChI is InChI=1S/C22H14N6O2S3/c1-12-18-15(9-16(17-3-2-8-31-17)24-20(18)30-28-12)19(29)25-21-26-27-22(33-21)32-11-14-6-4-13(10-23)5-7-14/h2-9H,11H2,1H3,(H,25,26,29). The second-order valence-corrected chi connectivity index (χ2v) is 10.1. The van der Waals surface area contributed by atoms with Crippen molar-refractivity contribution in [1.29, 1.82) is 5.26 Å². The Morgan fingerprint density at radius 2 is 2.09 bits per heavy atom. The van der Waals surface area contributed by atoms with Crippen LogP contribution in [-0.4, -0.2) is 26.2 Å². The molecule has 0 fully saturated rings. The number of fused-ring (bicyclic) bond motifs is 1. The average molecular weight is 491 g/mol. The number of thiophene rings is 1. The lowest BCUT2D eigenvalue weighted by molar-refractivity contribution is 0.102. The number of anilines is 1. The predicted molar refractivity (Wildman–Crippen MR) is 128 cm³/mol. The Kier molecular flexibility index (Phi) is 5.87. The van der Waals surface area contributed by atoms with Crippen LogP contribution in [0, 0.1) is 18.3 Å². The van der Waals surface area contributed by atoms with Crippen LogP contribution in [0.5, 0.6) is 0 Å². The first-order chi connectivity index (χ1) is 16.1. The molecule has 5 rings (SSSR count). The van der Waals surface area contributed by atoms with E-state index in [2.05, 4.69) is 31.7 Å². The lowest BCUT2D eigenvalue weighted by Gasteiger charge is -2.05. The second-order valence-electron chi connectivity index (χ2n) is 6.91. The number of carbonyl (C=O) groups is 1. The summed E-state index contributed by atoms with van der Waals surface area (Å²) in [6.45, 7) is 1.78. The van der Waals surface area contributed by atoms with Crippen LogP contribution in [0.15, 0.2) is 56.7 Å². The van der Waals surface area contributed by atoms with Crippen LogP contribution in [0.25, 0.3) is 21.7 Å². The predicted octanol–water partition coefficient (Wildman–Crippen LogP) is 5.53. The number of aromatic nitrogens is 4. The first kappa shape index (κ1) is 21.3. The molecule has 0 aliphatic carbocycles. The third-order valence-corrected chi connectivity index (χ3v) is 7.64. The zero-order valence-electron chi connectivity index (χ0n) is 17.1. The van der Waals surface area contributed by atoms with Gasteiger partial charge in [0, 0.05) is 5.75 Å². The van der Waals surface area contributed by atoms with Crippen molar-refractivity contribution in [3.63, 3.8) is 0 Å². The maximum atomic E-state index is 13.1. The third-order valence-electron chi connectivity index (χ3n) is 4.71. The highest BCUT2D eigenvalue weighted by atomic mass is 32.2. The number of thioether (sulfide) groups is 1. The SMILES string of the molecule is Cc1noc2nc(-c3cccs3)cc(C(=O)Nc3nnc(SCc4ccc(C#N)cc4)s3)c12. The van der Waals surface area contributed by atoms with Gasteiger partial charge in [-0.15, -0.1) is 21.5 Å². The number of carbonyl (C=O) groups excluding carboxylic acids is 1. The van der Waals surface area contributed by atoms with E-state index in [1.165, 1.54) is 34.4 Å². The number of nitrogens with zero attached hydrogens (tertiary/aromatic N) is 5. The van der Waals surface area contributed by atoms with Gasteiger partial charge in [-0.3, -0.25) is 10.1 Å². The van der Waals surface area contributed by atoms with Crippen LogP contribution in [0.1, 0.15) is 27.2 Å². The molecule has 5 aromatic rings. The maximum absolute atomic E-state index is 13.1. The maximum Gasteiger partial charge on any atom is 0.259 e. The number of amides is 1. The van der Waals surface area contributed by atoms with Crippen molar-refractivity contribution in [3.05, 3.63) is 70.2 Å². The van der Waals surface area contributed by atoms with Crippen molar-refractivity contribution in [1.82, 2.24) is 20.3 Å². The van der Waals surface area contributed by atoms with Gasteiger partial charge in [-0.05, 0) is 42.1 Å². The third kappa shape index (κ3) is 4.49. The zero-order chi connectivity index (χ0) is 22.8. The van der Waals surface area contributed by atoms with E-state index in [1.54, 1.807) is 25.1 Å². The van der Waals surface area contributed by atoms with Gasteiger partial charge in [0.15, 0.2) is 4.34 Å². The number of aryl methyl sites for hydroxylation is 1. The zero-order valence-corrected chi connectivity index (χ0v) is 19.6. The summed E-state index contributed by atoms with van der Waals surface area (Å²) >= 11 is 4.34. The molecule has 1 aromatic carbocycles. The fourth-order valence-electron chi connectivity index (χ4n) is 3.13. The summed E-state index contributed by atoms with van der Waals surface area (Å²) in [5.74, 6) is 0.356. The van der Waals surface area contributed by atoms with E-state index in [0.717, 1.165) is 14.8 Å². The molecule has 0 aliphatic heterocycles. The smallest absolute Gasteiger partial charge is 0.259 e. The van der Waals surface area contributed by atoms with E-state index in [4.69, 9.17) is 9.78 Å². The van der Waals surface area contributed by atoms with Crippen LogP contribution in [0.2, 0.25) is 0 Å². The van der Waals surface area contributed by atoms with Gasteiger partial charge in [0.05, 0.1) is 38.8 Å². The Morgan fingerprint density at radius 1 is 1.24 bits per heavy atom. The van der Waals surface area contributed by atoms with Crippen molar-refractivity contribution < 1.29 is 9.32 Å². The minimum Gasteiger partial charge on any atom is -0.335 e. The molecule has 33 heavy (non-hydrogen) atoms. The molecule has 4 heterocycles. The fraction of sp³-hybridized carbons (Fsp3) is 0.0909. The summed E-state index contributed by atoms with van der Waals surface area (Å²) in [6.07, 6.45) is 0. The minimum absolute atomic E-state index is 0.319. The molecule has 4 aromatic heterocycles. The van der Waals surface area contributed by atoms with E-state index in [9.17, 15) is 4.79 Å². The highest BCUT2D eigenvalue weighted by Crippen LogP contribution is 2.31. The molecule has 162 valence electrons. The molecule has 0 bridgehead atoms. The largest absolute Gasteiger partial charge is 0.335 e. The van der Waals surface area contributed by atoms with E-state index < -0.39 is 0 Å². The van der Waals surface area contributed by atoms with Gasteiger partial charge in [0.2, 0.25) is 5.13 Å². The van der Waals surface area contributed by atoms with Gasteiger partial charge in [0.25, 0.3) is 11.6 Å². The van der Waals surface area contributed by atoms with E-state index in [-0.39, 0.29) is 5.91 Å². The Hall–Kier alpha value is -3.59. The average Bonchev–Trinajstić information content (AvgIpc) is 3.59. The van der Waals surface area contributed by atoms with Crippen LogP contribution in [0.4, 0.5) is 5.13 Å². The van der Waals surface area contributed by atoms with Crippen molar-refractivity contribution in [2.75, 3.05) is 5.32 Å². The summed E-state index contributed by atoms with van der Waals surface area (Å²) in [7, 11) is 0. The number of benzene rings is 1. The quantitative estimate of drug-likeness (QED) is 0.244. The van der Waals surface area contributed by atoms with Crippen LogP contribution in [-0.2, 0) is 5.75 Å². The van der Waals surface area contributed by atoms with Gasteiger partial charge in [0.1, 0.15) is 0 Å². The lowest BCUT2D eigenvalue weighted by atomic mass is 10.1. The second kappa shape index (κ2) is 9.11. The van der Waals surface area contributed by atoms with E-state index in [0.29, 0.717) is 44.5 Å². The number of nitriles is 1. The van der Waals surface area contributed by atoms with Gasteiger partial charge in [-0.2, -0.15) is 5.26 Å². The normalized spacial score (nSPS) is 10.9. The van der Waals surface area contributed by atoms with Gasteiger partial charge < -0.3 is 4.52 Å². The fourth-order valence-corrected chi connectivity index (χ4v) is 5.52. The van der Waals surface area contributed by atoms with Gasteiger partial charge in [-0.1, -0.05) is 46.5 Å². The van der Waals surface area contributed by atoms with Crippen LogP contribution < -0.4 is 5.32 Å². The Bertz CT molecular complexity index is 1480. The Labute approximate surface area is 200 Å². The molecular weight excluding hydrogens is 476 g/mol. The number of hydrogen-bond donors (Lipinski definition) is 1. The van der Waals surface area contributed by atoms with Crippen LogP contribution in [0.3, 0.4) is 0 Å². The number of rotatable bonds is 6. The van der Waals surface area contributed by atoms with Crippen molar-refractivity contribution in [2.24, 2.45) is 0 Å². The summed E-state index contributed by atoms with van der Waals surface area (Å²) < 4.78 is 6.07. The number of pyridine rings is 1. The van der Waals surface area contributed by atoms with Crippen molar-refractivity contribution in [3.8, 4) is 16.6 Å². The summed E-state index contributed by atoms with van der Waals surface area (Å²) in [6, 6.07) is 15.1. The molecule has 0 unspecified atom stereocenters. The highest BCUT2D eigenvalue weighted by Gasteiger charge is 2.21.